The molecule has 0 aliphatic heterocycles. The lowest BCUT2D eigenvalue weighted by molar-refractivity contribution is 0.540. The zero-order valence-corrected chi connectivity index (χ0v) is 14.2. The van der Waals surface area contributed by atoms with Gasteiger partial charge in [-0.05, 0) is 38.1 Å². The highest BCUT2D eigenvalue weighted by atomic mass is 35.5. The van der Waals surface area contributed by atoms with Crippen molar-refractivity contribution in [1.29, 1.82) is 0 Å². The molecule has 1 atom stereocenters. The fraction of sp³-hybridized carbons (Fsp3) is 0.438. The lowest BCUT2D eigenvalue weighted by Gasteiger charge is -2.17. The molecule has 1 N–H and O–H groups in total. The van der Waals surface area contributed by atoms with Gasteiger partial charge in [-0.25, -0.2) is 0 Å². The van der Waals surface area contributed by atoms with E-state index in [-0.39, 0.29) is 6.04 Å². The standard InChI is InChI=1S/C16H21Cl2N3/c1-4-13-16(18)15(21(5-2)20-13)10-14(19-3)11-6-8-12(17)9-7-11/h6-9,14,19H,4-5,10H2,1-3H3. The summed E-state index contributed by atoms with van der Waals surface area (Å²) in [7, 11) is 1.96. The zero-order valence-electron chi connectivity index (χ0n) is 12.7. The Kier molecular flexibility index (Phi) is 5.68. The summed E-state index contributed by atoms with van der Waals surface area (Å²) in [5.41, 5.74) is 3.25. The van der Waals surface area contributed by atoms with Crippen LogP contribution in [0.25, 0.3) is 0 Å². The molecule has 0 radical (unpaired) electrons. The average molecular weight is 326 g/mol. The third-order valence-corrected chi connectivity index (χ3v) is 4.40. The minimum Gasteiger partial charge on any atom is -0.313 e. The summed E-state index contributed by atoms with van der Waals surface area (Å²) < 4.78 is 2.00. The Morgan fingerprint density at radius 1 is 1.19 bits per heavy atom. The van der Waals surface area contributed by atoms with Gasteiger partial charge in [0.15, 0.2) is 0 Å². The molecule has 1 unspecified atom stereocenters. The van der Waals surface area contributed by atoms with Gasteiger partial charge in [-0.15, -0.1) is 0 Å². The zero-order chi connectivity index (χ0) is 15.4. The van der Waals surface area contributed by atoms with Crippen molar-refractivity contribution < 1.29 is 0 Å². The summed E-state index contributed by atoms with van der Waals surface area (Å²) in [5, 5.41) is 9.48. The van der Waals surface area contributed by atoms with E-state index in [0.29, 0.717) is 0 Å². The van der Waals surface area contributed by atoms with Crippen LogP contribution in [0.3, 0.4) is 0 Å². The highest BCUT2D eigenvalue weighted by molar-refractivity contribution is 6.32. The molecule has 0 saturated carbocycles. The van der Waals surface area contributed by atoms with E-state index < -0.39 is 0 Å². The van der Waals surface area contributed by atoms with E-state index in [0.717, 1.165) is 40.8 Å². The Morgan fingerprint density at radius 2 is 1.86 bits per heavy atom. The number of nitrogens with zero attached hydrogens (tertiary/aromatic N) is 2. The van der Waals surface area contributed by atoms with Gasteiger partial charge in [0.25, 0.3) is 0 Å². The first-order chi connectivity index (χ1) is 10.1. The summed E-state index contributed by atoms with van der Waals surface area (Å²) in [6.07, 6.45) is 1.65. The second-order valence-corrected chi connectivity index (χ2v) is 5.79. The molecule has 2 rings (SSSR count). The molecule has 5 heteroatoms. The molecule has 2 aromatic rings. The first-order valence-electron chi connectivity index (χ1n) is 7.27. The second-order valence-electron chi connectivity index (χ2n) is 4.97. The van der Waals surface area contributed by atoms with Gasteiger partial charge in [0.1, 0.15) is 0 Å². The molecule has 0 amide bonds. The predicted molar refractivity (Wildman–Crippen MR) is 89.2 cm³/mol. The van der Waals surface area contributed by atoms with Crippen LogP contribution < -0.4 is 5.32 Å². The molecule has 1 heterocycles. The Hall–Kier alpha value is -1.03. The minimum absolute atomic E-state index is 0.187. The first kappa shape index (κ1) is 16.3. The van der Waals surface area contributed by atoms with Gasteiger partial charge in [-0.1, -0.05) is 42.3 Å². The van der Waals surface area contributed by atoms with Crippen LogP contribution in [0.4, 0.5) is 0 Å². The lowest BCUT2D eigenvalue weighted by Crippen LogP contribution is -2.20. The van der Waals surface area contributed by atoms with E-state index in [1.165, 1.54) is 5.56 Å². The van der Waals surface area contributed by atoms with E-state index in [1.54, 1.807) is 0 Å². The maximum absolute atomic E-state index is 6.49. The van der Waals surface area contributed by atoms with Crippen molar-refractivity contribution in [3.63, 3.8) is 0 Å². The van der Waals surface area contributed by atoms with Crippen LogP contribution in [-0.4, -0.2) is 16.8 Å². The lowest BCUT2D eigenvalue weighted by atomic mass is 10.0. The topological polar surface area (TPSA) is 29.9 Å². The Morgan fingerprint density at radius 3 is 2.38 bits per heavy atom. The van der Waals surface area contributed by atoms with Gasteiger partial charge in [-0.2, -0.15) is 5.10 Å². The highest BCUT2D eigenvalue weighted by Gasteiger charge is 2.19. The number of halogens is 2. The van der Waals surface area contributed by atoms with Gasteiger partial charge in [-0.3, -0.25) is 4.68 Å². The first-order valence-corrected chi connectivity index (χ1v) is 8.03. The van der Waals surface area contributed by atoms with Crippen molar-refractivity contribution in [3.05, 3.63) is 51.3 Å². The third kappa shape index (κ3) is 3.60. The number of nitrogens with one attached hydrogen (secondary N) is 1. The van der Waals surface area contributed by atoms with E-state index in [2.05, 4.69) is 24.3 Å². The second kappa shape index (κ2) is 7.30. The van der Waals surface area contributed by atoms with Gasteiger partial charge in [0.2, 0.25) is 0 Å². The molecule has 21 heavy (non-hydrogen) atoms. The number of aromatic nitrogens is 2. The molecular formula is C16H21Cl2N3. The van der Waals surface area contributed by atoms with Crippen LogP contribution in [0, 0.1) is 0 Å². The monoisotopic (exact) mass is 325 g/mol. The van der Waals surface area contributed by atoms with E-state index in [9.17, 15) is 0 Å². The molecule has 0 spiro atoms. The van der Waals surface area contributed by atoms with Crippen LogP contribution in [0.5, 0.6) is 0 Å². The number of likely N-dealkylation sites (N-methyl/N-ethyl adjacent to an activating group) is 1. The molecule has 0 bridgehead atoms. The minimum atomic E-state index is 0.187. The number of hydrogen-bond acceptors (Lipinski definition) is 2. The SMILES string of the molecule is CCc1nn(CC)c(CC(NC)c2ccc(Cl)cc2)c1Cl. The van der Waals surface area contributed by atoms with E-state index in [1.807, 2.05) is 36.0 Å². The Labute approximate surface area is 136 Å². The van der Waals surface area contributed by atoms with Gasteiger partial charge in [0, 0.05) is 24.0 Å². The van der Waals surface area contributed by atoms with Gasteiger partial charge >= 0.3 is 0 Å². The summed E-state index contributed by atoms with van der Waals surface area (Å²) in [6, 6.07) is 8.11. The molecule has 0 fully saturated rings. The Bertz CT molecular complexity index is 590. The van der Waals surface area contributed by atoms with Crippen molar-refractivity contribution in [1.82, 2.24) is 15.1 Å². The molecular weight excluding hydrogens is 305 g/mol. The third-order valence-electron chi connectivity index (χ3n) is 3.71. The molecule has 1 aromatic carbocycles. The quantitative estimate of drug-likeness (QED) is 0.859. The molecule has 3 nitrogen and oxygen atoms in total. The van der Waals surface area contributed by atoms with Crippen molar-refractivity contribution in [2.45, 2.75) is 39.3 Å². The van der Waals surface area contributed by atoms with Crippen LogP contribution in [0.1, 0.15) is 36.8 Å². The Balaban J connectivity index is 2.30. The fourth-order valence-corrected chi connectivity index (χ4v) is 2.96. The number of aryl methyl sites for hydroxylation is 2. The van der Waals surface area contributed by atoms with Crippen LogP contribution in [0.2, 0.25) is 10.0 Å². The van der Waals surface area contributed by atoms with Gasteiger partial charge in [0.05, 0.1) is 16.4 Å². The van der Waals surface area contributed by atoms with Crippen LogP contribution >= 0.6 is 23.2 Å². The van der Waals surface area contributed by atoms with Gasteiger partial charge < -0.3 is 5.32 Å². The van der Waals surface area contributed by atoms with Crippen LogP contribution in [-0.2, 0) is 19.4 Å². The smallest absolute Gasteiger partial charge is 0.0850 e. The number of benzene rings is 1. The molecule has 114 valence electrons. The van der Waals surface area contributed by atoms with Crippen LogP contribution in [0.15, 0.2) is 24.3 Å². The van der Waals surface area contributed by atoms with Crippen molar-refractivity contribution in [2.75, 3.05) is 7.05 Å². The maximum Gasteiger partial charge on any atom is 0.0850 e. The predicted octanol–water partition coefficient (Wildman–Crippen LogP) is 4.28. The van der Waals surface area contributed by atoms with E-state index >= 15 is 0 Å². The average Bonchev–Trinajstić information content (AvgIpc) is 2.81. The summed E-state index contributed by atoms with van der Waals surface area (Å²) in [4.78, 5) is 0. The van der Waals surface area contributed by atoms with Crippen molar-refractivity contribution in [2.24, 2.45) is 0 Å². The number of hydrogen-bond donors (Lipinski definition) is 1. The molecule has 0 aliphatic rings. The molecule has 0 aliphatic carbocycles. The van der Waals surface area contributed by atoms with Crippen molar-refractivity contribution >= 4 is 23.2 Å². The van der Waals surface area contributed by atoms with E-state index in [4.69, 9.17) is 23.2 Å². The summed E-state index contributed by atoms with van der Waals surface area (Å²) in [6.45, 7) is 4.99. The summed E-state index contributed by atoms with van der Waals surface area (Å²) in [5.74, 6) is 0. The summed E-state index contributed by atoms with van der Waals surface area (Å²) >= 11 is 12.4. The molecule has 1 aromatic heterocycles. The normalized spacial score (nSPS) is 12.6. The maximum atomic E-state index is 6.49. The van der Waals surface area contributed by atoms with Crippen molar-refractivity contribution in [3.8, 4) is 0 Å². The number of rotatable bonds is 6. The fourth-order valence-electron chi connectivity index (χ4n) is 2.49. The molecule has 0 saturated heterocycles. The largest absolute Gasteiger partial charge is 0.313 e. The highest BCUT2D eigenvalue weighted by Crippen LogP contribution is 2.27.